The number of carbonyl (C=O) groups excluding carboxylic acids is 1. The fourth-order valence-corrected chi connectivity index (χ4v) is 3.11. The minimum absolute atomic E-state index is 0.403. The van der Waals surface area contributed by atoms with Crippen LogP contribution in [0.1, 0.15) is 70.8 Å². The quantitative estimate of drug-likeness (QED) is 0.151. The van der Waals surface area contributed by atoms with Crippen LogP contribution in [-0.4, -0.2) is 15.9 Å². The van der Waals surface area contributed by atoms with Crippen molar-refractivity contribution in [3.8, 4) is 52.7 Å². The van der Waals surface area contributed by atoms with E-state index in [9.17, 15) is 4.79 Å². The molecule has 0 N–H and O–H groups in total. The van der Waals surface area contributed by atoms with Gasteiger partial charge in [0.1, 0.15) is 5.75 Å². The van der Waals surface area contributed by atoms with E-state index in [1.807, 2.05) is 24.5 Å². The molecular weight excluding hydrogens is 396 g/mol. The van der Waals surface area contributed by atoms with E-state index in [1.165, 1.54) is 51.4 Å². The van der Waals surface area contributed by atoms with Gasteiger partial charge < -0.3 is 4.74 Å². The fourth-order valence-electron chi connectivity index (χ4n) is 3.11. The van der Waals surface area contributed by atoms with E-state index in [1.54, 1.807) is 19.1 Å². The third-order valence-corrected chi connectivity index (χ3v) is 4.82. The number of unbranched alkanes of at least 4 members (excludes halogenated alkanes) is 7. The Balaban J connectivity index is 1.77. The highest BCUT2D eigenvalue weighted by atomic mass is 16.5. The molecular formula is C28H30N2O2. The van der Waals surface area contributed by atoms with Crippen molar-refractivity contribution in [2.45, 2.75) is 71.6 Å². The number of aromatic nitrogens is 2. The number of carbonyl (C=O) groups is 1. The number of ether oxygens (including phenoxy) is 1. The zero-order valence-electron chi connectivity index (χ0n) is 19.0. The second kappa shape index (κ2) is 15.3. The van der Waals surface area contributed by atoms with E-state index < -0.39 is 5.97 Å². The van der Waals surface area contributed by atoms with Crippen molar-refractivity contribution < 1.29 is 9.53 Å². The van der Waals surface area contributed by atoms with Crippen LogP contribution in [-0.2, 0) is 11.2 Å². The first-order chi connectivity index (χ1) is 15.7. The summed E-state index contributed by atoms with van der Waals surface area (Å²) < 4.78 is 5.17. The minimum atomic E-state index is -0.668. The second-order valence-electron chi connectivity index (χ2n) is 7.43. The molecule has 2 aromatic rings. The van der Waals surface area contributed by atoms with E-state index in [0.29, 0.717) is 11.6 Å². The fraction of sp³-hybridized carbons (Fsp3) is 0.393. The van der Waals surface area contributed by atoms with Gasteiger partial charge in [0, 0.05) is 23.9 Å². The molecule has 0 atom stereocenters. The summed E-state index contributed by atoms with van der Waals surface area (Å²) in [6.07, 6.45) is 15.3. The molecule has 1 aromatic carbocycles. The van der Waals surface area contributed by atoms with Gasteiger partial charge in [0.25, 0.3) is 0 Å². The second-order valence-corrected chi connectivity index (χ2v) is 7.43. The number of aryl methyl sites for hydroxylation is 1. The Kier molecular flexibility index (Phi) is 11.8. The van der Waals surface area contributed by atoms with E-state index in [4.69, 9.17) is 4.74 Å². The lowest BCUT2D eigenvalue weighted by Gasteiger charge is -2.05. The summed E-state index contributed by atoms with van der Waals surface area (Å²) in [5, 5.41) is 0. The molecule has 0 fully saturated rings. The van der Waals surface area contributed by atoms with Gasteiger partial charge in [-0.05, 0) is 73.3 Å². The first-order valence-corrected chi connectivity index (χ1v) is 11.3. The number of esters is 1. The summed E-state index contributed by atoms with van der Waals surface area (Å²) >= 11 is 0. The number of rotatable bonds is 11. The Hall–Kier alpha value is -3.55. The molecule has 1 aromatic heterocycles. The van der Waals surface area contributed by atoms with Crippen molar-refractivity contribution in [2.24, 2.45) is 0 Å². The van der Waals surface area contributed by atoms with Crippen molar-refractivity contribution in [1.82, 2.24) is 9.97 Å². The highest BCUT2D eigenvalue weighted by molar-refractivity contribution is 5.90. The normalized spacial score (nSPS) is 9.44. The summed E-state index contributed by atoms with van der Waals surface area (Å²) in [4.78, 5) is 20.7. The van der Waals surface area contributed by atoms with E-state index >= 15 is 0 Å². The molecule has 4 nitrogen and oxygen atoms in total. The molecule has 164 valence electrons. The van der Waals surface area contributed by atoms with Crippen LogP contribution in [0.4, 0.5) is 0 Å². The topological polar surface area (TPSA) is 52.1 Å². The van der Waals surface area contributed by atoms with Crippen molar-refractivity contribution in [2.75, 3.05) is 0 Å². The van der Waals surface area contributed by atoms with Gasteiger partial charge >= 0.3 is 5.97 Å². The monoisotopic (exact) mass is 426 g/mol. The first kappa shape index (κ1) is 24.7. The molecule has 0 unspecified atom stereocenters. The molecule has 32 heavy (non-hydrogen) atoms. The molecule has 0 amide bonds. The average molecular weight is 427 g/mol. The number of hydrogen-bond acceptors (Lipinski definition) is 4. The van der Waals surface area contributed by atoms with E-state index in [0.717, 1.165) is 17.5 Å². The molecule has 0 saturated carbocycles. The first-order valence-electron chi connectivity index (χ1n) is 11.3. The maximum absolute atomic E-state index is 11.7. The Bertz CT molecular complexity index is 1020. The lowest BCUT2D eigenvalue weighted by molar-refractivity contribution is -0.128. The molecule has 2 rings (SSSR count). The molecule has 0 spiro atoms. The Morgan fingerprint density at radius 1 is 0.844 bits per heavy atom. The van der Waals surface area contributed by atoms with Gasteiger partial charge in [-0.25, -0.2) is 14.8 Å². The number of hydrogen-bond donors (Lipinski definition) is 0. The predicted molar refractivity (Wildman–Crippen MR) is 128 cm³/mol. The molecule has 0 saturated heterocycles. The molecule has 0 aliphatic carbocycles. The summed E-state index contributed by atoms with van der Waals surface area (Å²) in [6, 6.07) is 7.03. The zero-order chi connectivity index (χ0) is 22.9. The van der Waals surface area contributed by atoms with Gasteiger partial charge in [-0.3, -0.25) is 0 Å². The molecule has 1 heterocycles. The predicted octanol–water partition coefficient (Wildman–Crippen LogP) is 5.76. The van der Waals surface area contributed by atoms with Crippen LogP contribution in [0.25, 0.3) is 11.4 Å². The van der Waals surface area contributed by atoms with E-state index in [2.05, 4.69) is 52.4 Å². The van der Waals surface area contributed by atoms with Gasteiger partial charge in [-0.15, -0.1) is 0 Å². The number of benzene rings is 1. The van der Waals surface area contributed by atoms with Crippen LogP contribution in [0.2, 0.25) is 0 Å². The lowest BCUT2D eigenvalue weighted by atomic mass is 10.1. The molecule has 0 bridgehead atoms. The van der Waals surface area contributed by atoms with E-state index in [-0.39, 0.29) is 0 Å². The summed E-state index contributed by atoms with van der Waals surface area (Å²) in [7, 11) is 0. The lowest BCUT2D eigenvalue weighted by Crippen LogP contribution is -2.04. The Labute approximate surface area is 192 Å². The molecule has 0 aliphatic rings. The standard InChI is InChI=1S/C28H30N2O2/c1-3-5-7-9-10-11-13-14-16-24-22-29-28(30-23-24)25-18-20-26(21-19-25)32-27(31)17-15-12-8-6-4-2/h18-23H,3,5,7,9-11,13-14,16H2,1-2H3. The maximum Gasteiger partial charge on any atom is 0.390 e. The maximum atomic E-state index is 11.7. The smallest absolute Gasteiger partial charge is 0.390 e. The van der Waals surface area contributed by atoms with Gasteiger partial charge in [0.05, 0.1) is 0 Å². The van der Waals surface area contributed by atoms with Crippen molar-refractivity contribution in [3.63, 3.8) is 0 Å². The third kappa shape index (κ3) is 9.97. The summed E-state index contributed by atoms with van der Waals surface area (Å²) in [6.45, 7) is 3.93. The van der Waals surface area contributed by atoms with Crippen LogP contribution in [0.5, 0.6) is 5.75 Å². The Morgan fingerprint density at radius 3 is 2.12 bits per heavy atom. The van der Waals surface area contributed by atoms with Gasteiger partial charge in [-0.1, -0.05) is 57.8 Å². The minimum Gasteiger partial charge on any atom is -0.417 e. The van der Waals surface area contributed by atoms with Gasteiger partial charge in [-0.2, -0.15) is 0 Å². The molecule has 4 heteroatoms. The van der Waals surface area contributed by atoms with Crippen molar-refractivity contribution in [1.29, 1.82) is 0 Å². The Morgan fingerprint density at radius 2 is 1.47 bits per heavy atom. The van der Waals surface area contributed by atoms with Crippen LogP contribution in [0.15, 0.2) is 36.7 Å². The van der Waals surface area contributed by atoms with Gasteiger partial charge in [0.2, 0.25) is 0 Å². The molecule has 0 radical (unpaired) electrons. The number of nitrogens with zero attached hydrogens (tertiary/aromatic N) is 2. The van der Waals surface area contributed by atoms with Crippen LogP contribution in [0, 0.1) is 35.5 Å². The van der Waals surface area contributed by atoms with Crippen molar-refractivity contribution >= 4 is 5.97 Å². The largest absolute Gasteiger partial charge is 0.417 e. The molecule has 0 aliphatic heterocycles. The summed E-state index contributed by atoms with van der Waals surface area (Å²) in [5.74, 6) is 15.2. The zero-order valence-corrected chi connectivity index (χ0v) is 19.0. The van der Waals surface area contributed by atoms with Crippen molar-refractivity contribution in [3.05, 3.63) is 42.2 Å². The van der Waals surface area contributed by atoms with Crippen LogP contribution < -0.4 is 4.74 Å². The summed E-state index contributed by atoms with van der Waals surface area (Å²) in [5.41, 5.74) is 2.02. The third-order valence-electron chi connectivity index (χ3n) is 4.82. The van der Waals surface area contributed by atoms with Crippen LogP contribution >= 0.6 is 0 Å². The SMILES string of the molecule is CC#CC#CC#CC(=O)Oc1ccc(-c2ncc(CCCCCCCCCC)cn2)cc1. The highest BCUT2D eigenvalue weighted by Crippen LogP contribution is 2.19. The average Bonchev–Trinajstić information content (AvgIpc) is 2.81. The van der Waals surface area contributed by atoms with Crippen LogP contribution in [0.3, 0.4) is 0 Å². The van der Waals surface area contributed by atoms with Gasteiger partial charge in [0.15, 0.2) is 5.82 Å². The highest BCUT2D eigenvalue weighted by Gasteiger charge is 2.05.